The highest BCUT2D eigenvalue weighted by Gasteiger charge is 2.41. The van der Waals surface area contributed by atoms with Crippen molar-refractivity contribution in [1.29, 1.82) is 0 Å². The Labute approximate surface area is 187 Å². The van der Waals surface area contributed by atoms with Crippen molar-refractivity contribution in [3.05, 3.63) is 71.8 Å². The molecule has 1 aliphatic rings. The van der Waals surface area contributed by atoms with Crippen molar-refractivity contribution in [2.75, 3.05) is 13.2 Å². The van der Waals surface area contributed by atoms with Gasteiger partial charge < -0.3 is 19.9 Å². The Bertz CT molecular complexity index is 905. The molecule has 1 heterocycles. The van der Waals surface area contributed by atoms with Crippen LogP contribution in [0.15, 0.2) is 60.7 Å². The van der Waals surface area contributed by atoms with E-state index >= 15 is 0 Å². The molecule has 8 heteroatoms. The molecular weight excluding hydrogens is 412 g/mol. The number of amides is 2. The SMILES string of the molecule is CCOC(=O)[C@H](Cc1ccccc1)NC(=O)[C@@H]1CC(O)CN1C(=O)OCc1ccccc1. The van der Waals surface area contributed by atoms with Crippen molar-refractivity contribution in [3.63, 3.8) is 0 Å². The van der Waals surface area contributed by atoms with Gasteiger partial charge in [0, 0.05) is 12.8 Å². The van der Waals surface area contributed by atoms with Gasteiger partial charge in [-0.05, 0) is 18.1 Å². The molecular formula is C24H28N2O6. The third kappa shape index (κ3) is 6.31. The number of ether oxygens (including phenoxy) is 2. The largest absolute Gasteiger partial charge is 0.464 e. The normalized spacial score (nSPS) is 18.6. The zero-order valence-electron chi connectivity index (χ0n) is 18.0. The highest BCUT2D eigenvalue weighted by Crippen LogP contribution is 2.20. The summed E-state index contributed by atoms with van der Waals surface area (Å²) in [5.74, 6) is -1.09. The first-order valence-electron chi connectivity index (χ1n) is 10.6. The summed E-state index contributed by atoms with van der Waals surface area (Å²) in [6.45, 7) is 1.91. The monoisotopic (exact) mass is 440 g/mol. The summed E-state index contributed by atoms with van der Waals surface area (Å²) < 4.78 is 10.4. The van der Waals surface area contributed by atoms with Gasteiger partial charge in [0.15, 0.2) is 0 Å². The van der Waals surface area contributed by atoms with E-state index in [9.17, 15) is 19.5 Å². The Morgan fingerprint density at radius 1 is 1.03 bits per heavy atom. The maximum absolute atomic E-state index is 13.0. The molecule has 2 amide bonds. The van der Waals surface area contributed by atoms with Crippen LogP contribution < -0.4 is 5.32 Å². The molecule has 3 atom stereocenters. The van der Waals surface area contributed by atoms with E-state index in [0.717, 1.165) is 11.1 Å². The number of likely N-dealkylation sites (tertiary alicyclic amines) is 1. The molecule has 1 unspecified atom stereocenters. The molecule has 2 aromatic carbocycles. The van der Waals surface area contributed by atoms with Crippen molar-refractivity contribution in [2.45, 2.75) is 44.6 Å². The Hall–Kier alpha value is -3.39. The van der Waals surface area contributed by atoms with Crippen LogP contribution in [-0.4, -0.2) is 59.3 Å². The molecule has 8 nitrogen and oxygen atoms in total. The molecule has 0 radical (unpaired) electrons. The Morgan fingerprint density at radius 3 is 2.28 bits per heavy atom. The molecule has 2 N–H and O–H groups in total. The van der Waals surface area contributed by atoms with E-state index in [2.05, 4.69) is 5.32 Å². The van der Waals surface area contributed by atoms with Crippen LogP contribution in [0.4, 0.5) is 4.79 Å². The zero-order valence-corrected chi connectivity index (χ0v) is 18.0. The van der Waals surface area contributed by atoms with Gasteiger partial charge in [0.1, 0.15) is 18.7 Å². The second kappa shape index (κ2) is 11.3. The van der Waals surface area contributed by atoms with Crippen LogP contribution in [0.25, 0.3) is 0 Å². The lowest BCUT2D eigenvalue weighted by molar-refractivity contribution is -0.147. The predicted octanol–water partition coefficient (Wildman–Crippen LogP) is 2.05. The molecule has 2 aromatic rings. The number of aliphatic hydroxyl groups is 1. The van der Waals surface area contributed by atoms with Crippen LogP contribution in [-0.2, 0) is 32.1 Å². The first-order valence-corrected chi connectivity index (χ1v) is 10.6. The maximum atomic E-state index is 13.0. The Kier molecular flexibility index (Phi) is 8.21. The fourth-order valence-corrected chi connectivity index (χ4v) is 3.62. The molecule has 0 spiro atoms. The quantitative estimate of drug-likeness (QED) is 0.609. The van der Waals surface area contributed by atoms with E-state index in [1.54, 1.807) is 6.92 Å². The number of esters is 1. The molecule has 0 bridgehead atoms. The minimum Gasteiger partial charge on any atom is -0.464 e. The number of carbonyl (C=O) groups is 3. The third-order valence-electron chi connectivity index (χ3n) is 5.19. The van der Waals surface area contributed by atoms with Crippen molar-refractivity contribution < 1.29 is 29.0 Å². The number of β-amino-alcohol motifs (C(OH)–C–C–N with tert-alkyl or cyclic N) is 1. The van der Waals surface area contributed by atoms with Crippen molar-refractivity contribution in [2.24, 2.45) is 0 Å². The molecule has 0 aromatic heterocycles. The standard InChI is InChI=1S/C24H28N2O6/c1-2-31-23(29)20(13-17-9-5-3-6-10-17)25-22(28)21-14-19(27)15-26(21)24(30)32-16-18-11-7-4-8-12-18/h3-12,19-21,27H,2,13-16H2,1H3,(H,25,28)/t19?,20-,21-/m0/s1. The van der Waals surface area contributed by atoms with Crippen molar-refractivity contribution >= 4 is 18.0 Å². The van der Waals surface area contributed by atoms with Gasteiger partial charge in [0.25, 0.3) is 0 Å². The van der Waals surface area contributed by atoms with Gasteiger partial charge in [0.05, 0.1) is 19.3 Å². The van der Waals surface area contributed by atoms with E-state index in [1.807, 2.05) is 60.7 Å². The lowest BCUT2D eigenvalue weighted by Gasteiger charge is -2.25. The summed E-state index contributed by atoms with van der Waals surface area (Å²) in [5.41, 5.74) is 1.67. The number of hydrogen-bond donors (Lipinski definition) is 2. The van der Waals surface area contributed by atoms with Crippen LogP contribution in [0.2, 0.25) is 0 Å². The van der Waals surface area contributed by atoms with E-state index in [4.69, 9.17) is 9.47 Å². The van der Waals surface area contributed by atoms with Crippen LogP contribution in [0, 0.1) is 0 Å². The molecule has 32 heavy (non-hydrogen) atoms. The molecule has 1 aliphatic heterocycles. The van der Waals surface area contributed by atoms with Gasteiger partial charge in [-0.2, -0.15) is 0 Å². The molecule has 0 saturated carbocycles. The van der Waals surface area contributed by atoms with Crippen LogP contribution in [0.3, 0.4) is 0 Å². The van der Waals surface area contributed by atoms with Gasteiger partial charge in [-0.1, -0.05) is 60.7 Å². The first kappa shape index (κ1) is 23.3. The number of aliphatic hydroxyl groups excluding tert-OH is 1. The molecule has 1 fully saturated rings. The summed E-state index contributed by atoms with van der Waals surface area (Å²) in [6.07, 6.45) is -1.24. The molecule has 1 saturated heterocycles. The molecule has 0 aliphatic carbocycles. The first-order chi connectivity index (χ1) is 15.5. The van der Waals surface area contributed by atoms with Crippen LogP contribution in [0.1, 0.15) is 24.5 Å². The summed E-state index contributed by atoms with van der Waals surface area (Å²) in [4.78, 5) is 39.3. The van der Waals surface area contributed by atoms with E-state index in [-0.39, 0.29) is 32.6 Å². The number of hydrogen-bond acceptors (Lipinski definition) is 6. The van der Waals surface area contributed by atoms with Gasteiger partial charge in [-0.3, -0.25) is 9.69 Å². The number of nitrogens with zero attached hydrogens (tertiary/aromatic N) is 1. The highest BCUT2D eigenvalue weighted by atomic mass is 16.6. The van der Waals surface area contributed by atoms with Crippen molar-refractivity contribution in [3.8, 4) is 0 Å². The molecule has 3 rings (SSSR count). The van der Waals surface area contributed by atoms with Crippen molar-refractivity contribution in [1.82, 2.24) is 10.2 Å². The second-order valence-electron chi connectivity index (χ2n) is 7.60. The number of carbonyl (C=O) groups excluding carboxylic acids is 3. The second-order valence-corrected chi connectivity index (χ2v) is 7.60. The lowest BCUT2D eigenvalue weighted by atomic mass is 10.1. The van der Waals surface area contributed by atoms with Crippen LogP contribution >= 0.6 is 0 Å². The lowest BCUT2D eigenvalue weighted by Crippen LogP contribution is -2.52. The Balaban J connectivity index is 1.66. The van der Waals surface area contributed by atoms with Crippen LogP contribution in [0.5, 0.6) is 0 Å². The summed E-state index contributed by atoms with van der Waals surface area (Å²) >= 11 is 0. The average Bonchev–Trinajstić information content (AvgIpc) is 3.20. The average molecular weight is 440 g/mol. The minimum absolute atomic E-state index is 0.0194. The van der Waals surface area contributed by atoms with E-state index in [1.165, 1.54) is 4.90 Å². The smallest absolute Gasteiger partial charge is 0.410 e. The topological polar surface area (TPSA) is 105 Å². The van der Waals surface area contributed by atoms with E-state index < -0.39 is 36.2 Å². The highest BCUT2D eigenvalue weighted by molar-refractivity contribution is 5.90. The summed E-state index contributed by atoms with van der Waals surface area (Å²) in [5, 5.41) is 12.8. The van der Waals surface area contributed by atoms with Gasteiger partial charge in [0.2, 0.25) is 5.91 Å². The maximum Gasteiger partial charge on any atom is 0.410 e. The zero-order chi connectivity index (χ0) is 22.9. The predicted molar refractivity (Wildman–Crippen MR) is 116 cm³/mol. The van der Waals surface area contributed by atoms with E-state index in [0.29, 0.717) is 0 Å². The van der Waals surface area contributed by atoms with Gasteiger partial charge in [-0.25, -0.2) is 9.59 Å². The fraction of sp³-hybridized carbons (Fsp3) is 0.375. The number of benzene rings is 2. The number of rotatable bonds is 8. The van der Waals surface area contributed by atoms with Gasteiger partial charge in [-0.15, -0.1) is 0 Å². The molecule has 170 valence electrons. The minimum atomic E-state index is -0.944. The number of nitrogens with one attached hydrogen (secondary N) is 1. The summed E-state index contributed by atoms with van der Waals surface area (Å²) in [7, 11) is 0. The van der Waals surface area contributed by atoms with Gasteiger partial charge >= 0.3 is 12.1 Å². The Morgan fingerprint density at radius 2 is 1.66 bits per heavy atom. The summed E-state index contributed by atoms with van der Waals surface area (Å²) in [6, 6.07) is 16.6. The fourth-order valence-electron chi connectivity index (χ4n) is 3.62. The third-order valence-corrected chi connectivity index (χ3v) is 5.19.